The van der Waals surface area contributed by atoms with E-state index >= 15 is 0 Å². The van der Waals surface area contributed by atoms with Crippen molar-refractivity contribution in [2.75, 3.05) is 66.1 Å². The third-order valence-electron chi connectivity index (χ3n) is 24.8. The third-order valence-corrected chi connectivity index (χ3v) is 24.8. The minimum Gasteiger partial charge on any atom is -0.477 e. The smallest absolute Gasteiger partial charge is 0.364 e. The molecule has 0 aliphatic carbocycles. The Bertz CT molecular complexity index is 3940. The average Bonchev–Trinajstić information content (AvgIpc) is 0.766. The third kappa shape index (κ3) is 25.3. The summed E-state index contributed by atoms with van der Waals surface area (Å²) in [6.07, 6.45) is -106. The Morgan fingerprint density at radius 1 is 0.312 bits per heavy atom. The van der Waals surface area contributed by atoms with Gasteiger partial charge in [-0.1, -0.05) is 0 Å². The highest BCUT2D eigenvalue weighted by Gasteiger charge is 2.64. The number of halogens is 2. The number of nitrogens with one attached hydrogen (secondary N) is 5. The second kappa shape index (κ2) is 49.0. The normalized spacial score (nSPS) is 46.2. The number of carboxylic acid groups (broad SMARTS) is 2. The topological polar surface area (TPSA) is 942 Å². The Kier molecular flexibility index (Phi) is 40.6. The molecule has 10 saturated heterocycles. The Labute approximate surface area is 777 Å². The summed E-state index contributed by atoms with van der Waals surface area (Å²) in [5.74, 6) is -15.3. The minimum atomic E-state index is -3.17. The largest absolute Gasteiger partial charge is 0.477 e. The van der Waals surface area contributed by atoms with Crippen LogP contribution in [-0.4, -0.2) is 574 Å². The van der Waals surface area contributed by atoms with Gasteiger partial charge in [0, 0.05) is 47.5 Å². The molecule has 0 radical (unpaired) electrons. The fourth-order valence-electron chi connectivity index (χ4n) is 17.5. The first kappa shape index (κ1) is 114. The Balaban J connectivity index is 0.908. The second-order valence-corrected chi connectivity index (χ2v) is 34.5. The van der Waals surface area contributed by atoms with Gasteiger partial charge in [0.05, 0.1) is 90.4 Å². The lowest BCUT2D eigenvalue weighted by molar-refractivity contribution is -0.398. The molecule has 0 bridgehead atoms. The summed E-state index contributed by atoms with van der Waals surface area (Å²) in [5, 5.41) is 336. The summed E-state index contributed by atoms with van der Waals surface area (Å²) in [6, 6.07) is -9.59. The summed E-state index contributed by atoms with van der Waals surface area (Å²) in [5.41, 5.74) is 0. The molecule has 5 amide bonds. The maximum Gasteiger partial charge on any atom is 0.364 e. The molecule has 50 unspecified atom stereocenters. The summed E-state index contributed by atoms with van der Waals surface area (Å²) in [4.78, 5) is 89.0. The second-order valence-electron chi connectivity index (χ2n) is 34.5. The lowest BCUT2D eigenvalue weighted by Gasteiger charge is -2.51. The molecule has 796 valence electrons. The summed E-state index contributed by atoms with van der Waals surface area (Å²) >= 11 is 0. The number of aliphatic carboxylic acids is 2. The Morgan fingerprint density at radius 3 is 0.957 bits per heavy atom. The quantitative estimate of drug-likeness (QED) is 0.0272. The average molecular weight is 2020 g/mol. The fourth-order valence-corrected chi connectivity index (χ4v) is 17.5. The highest BCUT2D eigenvalue weighted by Crippen LogP contribution is 2.43. The van der Waals surface area contributed by atoms with Gasteiger partial charge in [0.2, 0.25) is 29.5 Å². The molecule has 10 aliphatic rings. The van der Waals surface area contributed by atoms with Crippen LogP contribution >= 0.6 is 0 Å². The molecule has 0 aromatic heterocycles. The summed E-state index contributed by atoms with van der Waals surface area (Å²) in [7, 11) is 0. The van der Waals surface area contributed by atoms with Crippen LogP contribution < -0.4 is 26.6 Å². The number of ether oxygens (including phenoxy) is 19. The van der Waals surface area contributed by atoms with Crippen LogP contribution in [0.25, 0.3) is 0 Å². The van der Waals surface area contributed by atoms with Gasteiger partial charge in [0.15, 0.2) is 62.7 Å². The highest BCUT2D eigenvalue weighted by atomic mass is 19.1. The SMILES string of the molecule is CC(=O)NC1C(O)OC(CO)C(OC2OC(COC3OC(CO)C(O)C(O)C3OC3OC(CO)C(OC4OC(COC5(C(=O)O)CC(O)C(NC(C)=O)C([C@H](O)C(F)CO)O5)C(O)C(O)C4O)C(O)C3NC(C)=O)C(O)C(OC3OC(CO)C(O)C(O)C3OC3OC(CO)C(OC4OC(COC5(C(=O)O)CC(O)C(NC(C)=O)C([C@H](O)C(F)CO)O5)C(O)C(O)C4O)C(O)C3NC(C)=O)C2O)C1O. The van der Waals surface area contributed by atoms with Crippen molar-refractivity contribution in [2.45, 2.75) is 366 Å². The van der Waals surface area contributed by atoms with Crippen LogP contribution in [0.2, 0.25) is 0 Å². The number of alkyl halides is 2. The van der Waals surface area contributed by atoms with Gasteiger partial charge >= 0.3 is 11.9 Å². The van der Waals surface area contributed by atoms with Crippen LogP contribution in [0.15, 0.2) is 0 Å². The Morgan fingerprint density at radius 2 is 0.601 bits per heavy atom. The molecule has 10 aliphatic heterocycles. The van der Waals surface area contributed by atoms with Crippen LogP contribution in [0.4, 0.5) is 8.78 Å². The highest BCUT2D eigenvalue weighted by molar-refractivity contribution is 5.78. The Hall–Kier alpha value is -5.69. The van der Waals surface area contributed by atoms with Gasteiger partial charge in [-0.15, -0.1) is 0 Å². The van der Waals surface area contributed by atoms with Gasteiger partial charge in [-0.25, -0.2) is 18.4 Å². The maximum atomic E-state index is 14.9. The molecule has 0 saturated carbocycles. The molecular weight excluding hydrogens is 1900 g/mol. The van der Waals surface area contributed by atoms with Gasteiger partial charge in [-0.2, -0.15) is 0 Å². The van der Waals surface area contributed by atoms with Gasteiger partial charge in [-0.05, 0) is 0 Å². The van der Waals surface area contributed by atoms with Gasteiger partial charge in [-0.3, -0.25) is 24.0 Å². The van der Waals surface area contributed by atoms with Crippen LogP contribution in [0.3, 0.4) is 0 Å². The van der Waals surface area contributed by atoms with Gasteiger partial charge < -0.3 is 265 Å². The predicted octanol–water partition coefficient (Wildman–Crippen LogP) is -21.7. The molecule has 60 nitrogen and oxygen atoms in total. The van der Waals surface area contributed by atoms with Crippen molar-refractivity contribution in [3.8, 4) is 0 Å². The van der Waals surface area contributed by atoms with Crippen LogP contribution in [-0.2, 0) is 124 Å². The molecule has 10 heterocycles. The van der Waals surface area contributed by atoms with E-state index in [0.717, 1.165) is 34.6 Å². The molecule has 34 N–H and O–H groups in total. The van der Waals surface area contributed by atoms with Crippen molar-refractivity contribution in [3.63, 3.8) is 0 Å². The first-order valence-electron chi connectivity index (χ1n) is 43.3. The number of carboxylic acids is 2. The first-order valence-corrected chi connectivity index (χ1v) is 43.3. The molecule has 0 aromatic carbocycles. The zero-order valence-corrected chi connectivity index (χ0v) is 73.7. The molecule has 10 fully saturated rings. The first-order chi connectivity index (χ1) is 64.9. The van der Waals surface area contributed by atoms with Crippen molar-refractivity contribution in [2.24, 2.45) is 0 Å². The van der Waals surface area contributed by atoms with Crippen LogP contribution in [0.1, 0.15) is 47.5 Å². The lowest BCUT2D eigenvalue weighted by atomic mass is 9.88. The van der Waals surface area contributed by atoms with E-state index in [4.69, 9.17) is 90.0 Å². The van der Waals surface area contributed by atoms with E-state index in [-0.39, 0.29) is 0 Å². The van der Waals surface area contributed by atoms with E-state index in [1.165, 1.54) is 0 Å². The van der Waals surface area contributed by atoms with E-state index in [9.17, 15) is 190 Å². The standard InChI is InChI=1S/C76H123F2N5O55/c1-18(91)79-35-25(96)6-75(73(116)117,137-60(35)40(98)23(77)8-84)121-16-33-44(102)50(108)54(112)68(129-33)131-58-30(13-89)126-66(38(48(58)106)82-21(4)94)135-63-52(110)42(100)27(10-86)124-71(63)120-15-32-46(104)62(56(114)70(128-32)133-57-29(12-88)123-65(115)37(47(57)105)81-20(3)93)134-72-64(53(111)43(101)28(11-87)125-72)136-67-39(83-22(5)95)49(107)59(31(14-90)127-67)132-69-55(113)51(109)45(103)34(130-69)17-122-76(74(118)119)7-26(97)36(80-19(2)92)61(138-76)41(99)24(78)9-85/h23-72,84-90,96-115H,6-17H2,1-5H3,(H,79,91)(H,80,92)(H,81,93)(H,82,94)(H,83,95)(H,116,117)(H,118,119)/t23?,24?,25?,26?,27?,28?,29?,30?,31?,32?,33?,34?,35?,36?,37?,38?,39?,40-,41-,42?,43?,44?,45?,46?,47?,48?,49?,50?,51?,52?,53?,54?,55?,56?,57?,58?,59?,60?,61?,62?,63?,64?,65?,66?,67?,68?,69?,70?,71?,72?,75?,76?/m1/s1. The number of carbonyl (C=O) groups is 7. The van der Waals surface area contributed by atoms with Crippen molar-refractivity contribution in [1.29, 1.82) is 0 Å². The minimum absolute atomic E-state index is 0.848. The fraction of sp³-hybridized carbons (Fsp3) is 0.908. The van der Waals surface area contributed by atoms with Gasteiger partial charge in [0.1, 0.15) is 220 Å². The van der Waals surface area contributed by atoms with Crippen LogP contribution in [0.5, 0.6) is 0 Å². The molecular formula is C76H123F2N5O55. The maximum absolute atomic E-state index is 14.9. The molecule has 0 spiro atoms. The number of aliphatic hydroxyl groups is 27. The van der Waals surface area contributed by atoms with E-state index in [1.54, 1.807) is 0 Å². The summed E-state index contributed by atoms with van der Waals surface area (Å²) < 4.78 is 141. The van der Waals surface area contributed by atoms with Crippen molar-refractivity contribution in [1.82, 2.24) is 26.6 Å². The number of hydrogen-bond acceptors (Lipinski definition) is 53. The molecule has 138 heavy (non-hydrogen) atoms. The monoisotopic (exact) mass is 2020 g/mol. The van der Waals surface area contributed by atoms with Gasteiger partial charge in [0.25, 0.3) is 11.6 Å². The number of amides is 5. The molecule has 62 heteroatoms. The molecule has 0 aromatic rings. The van der Waals surface area contributed by atoms with Crippen molar-refractivity contribution in [3.05, 3.63) is 0 Å². The molecule has 52 atom stereocenters. The van der Waals surface area contributed by atoms with E-state index in [2.05, 4.69) is 26.6 Å². The number of hydrogen-bond donors (Lipinski definition) is 34. The number of carbonyl (C=O) groups excluding carboxylic acids is 5. The summed E-state index contributed by atoms with van der Waals surface area (Å²) in [6.45, 7) is -8.30. The van der Waals surface area contributed by atoms with E-state index in [0.29, 0.717) is 0 Å². The predicted molar refractivity (Wildman–Crippen MR) is 420 cm³/mol. The zero-order chi connectivity index (χ0) is 102. The lowest BCUT2D eigenvalue weighted by Crippen LogP contribution is -2.70. The van der Waals surface area contributed by atoms with E-state index in [1.807, 2.05) is 0 Å². The number of rotatable bonds is 39. The van der Waals surface area contributed by atoms with Crippen LogP contribution in [0, 0.1) is 0 Å². The van der Waals surface area contributed by atoms with E-state index < -0.39 is 438 Å². The van der Waals surface area contributed by atoms with Crippen molar-refractivity contribution < 1.29 is 280 Å². The number of aliphatic hydroxyl groups excluding tert-OH is 27. The molecule has 10 rings (SSSR count). The zero-order valence-electron chi connectivity index (χ0n) is 73.7. The van der Waals surface area contributed by atoms with Crippen molar-refractivity contribution >= 4 is 41.5 Å².